The first kappa shape index (κ1) is 31.9. The molecular weight excluding hydrogens is 637 g/mol. The van der Waals surface area contributed by atoms with Crippen LogP contribution in [0.25, 0.3) is 0 Å². The minimum Gasteiger partial charge on any atom is -0.350 e. The number of nitrogens with one attached hydrogen (secondary N) is 1. The maximum atomic E-state index is 14.0. The topological polar surface area (TPSA) is 86.8 Å². The van der Waals surface area contributed by atoms with Crippen molar-refractivity contribution in [2.75, 3.05) is 10.8 Å². The number of anilines is 1. The molecule has 214 valence electrons. The van der Waals surface area contributed by atoms with Gasteiger partial charge in [-0.1, -0.05) is 75.0 Å². The van der Waals surface area contributed by atoms with Gasteiger partial charge in [0.15, 0.2) is 0 Å². The van der Waals surface area contributed by atoms with Gasteiger partial charge >= 0.3 is 0 Å². The average molecular weight is 669 g/mol. The van der Waals surface area contributed by atoms with Crippen molar-refractivity contribution < 1.29 is 18.0 Å². The minimum absolute atomic E-state index is 0.00867. The van der Waals surface area contributed by atoms with E-state index in [1.54, 1.807) is 25.1 Å². The number of benzene rings is 3. The summed E-state index contributed by atoms with van der Waals surface area (Å²) in [5, 5.41) is 3.03. The van der Waals surface area contributed by atoms with Crippen molar-refractivity contribution in [1.29, 1.82) is 0 Å². The van der Waals surface area contributed by atoms with Gasteiger partial charge in [0.2, 0.25) is 11.8 Å². The Morgan fingerprint density at radius 1 is 0.975 bits per heavy atom. The van der Waals surface area contributed by atoms with Crippen LogP contribution in [-0.2, 0) is 26.2 Å². The smallest absolute Gasteiger partial charge is 0.264 e. The first-order valence-electron chi connectivity index (χ1n) is 12.5. The average Bonchev–Trinajstić information content (AvgIpc) is 2.87. The molecule has 7 nitrogen and oxygen atoms in total. The van der Waals surface area contributed by atoms with Crippen molar-refractivity contribution >= 4 is 66.7 Å². The molecule has 40 heavy (non-hydrogen) atoms. The summed E-state index contributed by atoms with van der Waals surface area (Å²) in [7, 11) is -4.26. The number of aryl methyl sites for hydroxylation is 1. The molecular formula is C29H32BrCl2N3O4S. The number of halogens is 3. The van der Waals surface area contributed by atoms with E-state index in [-0.39, 0.29) is 33.1 Å². The molecule has 0 heterocycles. The number of amides is 2. The molecule has 3 rings (SSSR count). The standard InChI is InChI=1S/C29H32BrCl2N3O4S/c1-19-9-15-23(16-10-19)40(38,39)35(25-8-6-7-24(31)27(25)32)18-26(36)34(17-21-11-13-22(30)14-12-21)20(2)28(37)33-29(3,4)5/h6-16,20H,17-18H2,1-5H3,(H,33,37). The van der Waals surface area contributed by atoms with Crippen molar-refractivity contribution in [3.63, 3.8) is 0 Å². The fourth-order valence-corrected chi connectivity index (χ4v) is 6.02. The Labute approximate surface area is 254 Å². The van der Waals surface area contributed by atoms with E-state index in [0.29, 0.717) is 0 Å². The van der Waals surface area contributed by atoms with E-state index >= 15 is 0 Å². The van der Waals surface area contributed by atoms with Crippen LogP contribution in [0, 0.1) is 6.92 Å². The van der Waals surface area contributed by atoms with Crippen LogP contribution in [0.5, 0.6) is 0 Å². The Hall–Kier alpha value is -2.59. The lowest BCUT2D eigenvalue weighted by Crippen LogP contribution is -2.54. The SMILES string of the molecule is Cc1ccc(S(=O)(=O)N(CC(=O)N(Cc2ccc(Br)cc2)C(C)C(=O)NC(C)(C)C)c2cccc(Cl)c2Cl)cc1. The second kappa shape index (κ2) is 12.9. The second-order valence-corrected chi connectivity index (χ2v) is 14.0. The van der Waals surface area contributed by atoms with Gasteiger partial charge in [0.05, 0.1) is 20.6 Å². The third kappa shape index (κ3) is 8.00. The van der Waals surface area contributed by atoms with Crippen molar-refractivity contribution in [2.24, 2.45) is 0 Å². The predicted molar refractivity (Wildman–Crippen MR) is 164 cm³/mol. The number of nitrogens with zero attached hydrogens (tertiary/aromatic N) is 2. The molecule has 0 spiro atoms. The molecule has 1 N–H and O–H groups in total. The molecule has 3 aromatic rings. The van der Waals surface area contributed by atoms with Gasteiger partial charge < -0.3 is 10.2 Å². The molecule has 2 amide bonds. The van der Waals surface area contributed by atoms with Crippen LogP contribution in [0.15, 0.2) is 76.1 Å². The summed E-state index contributed by atoms with van der Waals surface area (Å²) in [6.07, 6.45) is 0. The van der Waals surface area contributed by atoms with Gasteiger partial charge in [0.25, 0.3) is 10.0 Å². The molecule has 11 heteroatoms. The zero-order chi connectivity index (χ0) is 29.8. The molecule has 1 unspecified atom stereocenters. The summed E-state index contributed by atoms with van der Waals surface area (Å²) in [6.45, 7) is 8.45. The van der Waals surface area contributed by atoms with Gasteiger partial charge in [0, 0.05) is 16.6 Å². The maximum Gasteiger partial charge on any atom is 0.264 e. The van der Waals surface area contributed by atoms with E-state index in [4.69, 9.17) is 23.2 Å². The summed E-state index contributed by atoms with van der Waals surface area (Å²) < 4.78 is 29.6. The number of sulfonamides is 1. The Balaban J connectivity index is 2.08. The van der Waals surface area contributed by atoms with Crippen LogP contribution in [0.3, 0.4) is 0 Å². The maximum absolute atomic E-state index is 14.0. The first-order valence-corrected chi connectivity index (χ1v) is 15.5. The third-order valence-corrected chi connectivity index (χ3v) is 9.13. The summed E-state index contributed by atoms with van der Waals surface area (Å²) in [6, 6.07) is 17.3. The number of carbonyl (C=O) groups excluding carboxylic acids is 2. The molecule has 0 fully saturated rings. The zero-order valence-electron chi connectivity index (χ0n) is 22.9. The van der Waals surface area contributed by atoms with Crippen LogP contribution < -0.4 is 9.62 Å². The van der Waals surface area contributed by atoms with Crippen molar-refractivity contribution in [3.05, 3.63) is 92.4 Å². The highest BCUT2D eigenvalue weighted by molar-refractivity contribution is 9.10. The predicted octanol–water partition coefficient (Wildman–Crippen LogP) is 6.59. The lowest BCUT2D eigenvalue weighted by Gasteiger charge is -2.33. The molecule has 0 aliphatic heterocycles. The molecule has 0 saturated heterocycles. The van der Waals surface area contributed by atoms with Gasteiger partial charge in [-0.2, -0.15) is 0 Å². The molecule has 0 aromatic heterocycles. The second-order valence-electron chi connectivity index (χ2n) is 10.5. The quantitative estimate of drug-likeness (QED) is 0.279. The molecule has 0 aliphatic carbocycles. The fraction of sp³-hybridized carbons (Fsp3) is 0.310. The molecule has 1 atom stereocenters. The number of hydrogen-bond donors (Lipinski definition) is 1. The Bertz CT molecular complexity index is 1470. The summed E-state index contributed by atoms with van der Waals surface area (Å²) in [5.74, 6) is -0.960. The van der Waals surface area contributed by atoms with Crippen molar-refractivity contribution in [1.82, 2.24) is 10.2 Å². The Morgan fingerprint density at radius 3 is 2.15 bits per heavy atom. The van der Waals surface area contributed by atoms with Gasteiger partial charge in [-0.05, 0) is 76.6 Å². The van der Waals surface area contributed by atoms with E-state index in [1.165, 1.54) is 29.2 Å². The van der Waals surface area contributed by atoms with Gasteiger partial charge in [0.1, 0.15) is 12.6 Å². The highest BCUT2D eigenvalue weighted by Crippen LogP contribution is 2.35. The van der Waals surface area contributed by atoms with Crippen LogP contribution in [0.4, 0.5) is 5.69 Å². The normalized spacial score (nSPS) is 12.5. The highest BCUT2D eigenvalue weighted by Gasteiger charge is 2.34. The van der Waals surface area contributed by atoms with E-state index in [9.17, 15) is 18.0 Å². The van der Waals surface area contributed by atoms with Crippen LogP contribution >= 0.6 is 39.1 Å². The summed E-state index contributed by atoms with van der Waals surface area (Å²) >= 11 is 16.1. The lowest BCUT2D eigenvalue weighted by atomic mass is 10.1. The number of hydrogen-bond acceptors (Lipinski definition) is 4. The number of rotatable bonds is 9. The molecule has 0 saturated carbocycles. The fourth-order valence-electron chi connectivity index (χ4n) is 3.88. The van der Waals surface area contributed by atoms with Crippen molar-refractivity contribution in [2.45, 2.75) is 57.6 Å². The third-order valence-electron chi connectivity index (χ3n) is 6.02. The molecule has 0 bridgehead atoms. The highest BCUT2D eigenvalue weighted by atomic mass is 79.9. The van der Waals surface area contributed by atoms with Crippen LogP contribution in [0.2, 0.25) is 10.0 Å². The Kier molecular flexibility index (Phi) is 10.3. The molecule has 0 radical (unpaired) electrons. The Morgan fingerprint density at radius 2 is 1.57 bits per heavy atom. The van der Waals surface area contributed by atoms with Crippen molar-refractivity contribution in [3.8, 4) is 0 Å². The van der Waals surface area contributed by atoms with E-state index < -0.39 is 34.1 Å². The first-order chi connectivity index (χ1) is 18.6. The van der Waals surface area contributed by atoms with Crippen LogP contribution in [0.1, 0.15) is 38.8 Å². The largest absolute Gasteiger partial charge is 0.350 e. The monoisotopic (exact) mass is 667 g/mol. The lowest BCUT2D eigenvalue weighted by molar-refractivity contribution is -0.140. The van der Waals surface area contributed by atoms with E-state index in [1.807, 2.05) is 52.0 Å². The molecule has 3 aromatic carbocycles. The minimum atomic E-state index is -4.26. The number of carbonyl (C=O) groups is 2. The molecule has 0 aliphatic rings. The van der Waals surface area contributed by atoms with Crippen LogP contribution in [-0.4, -0.2) is 43.3 Å². The van der Waals surface area contributed by atoms with E-state index in [2.05, 4.69) is 21.2 Å². The van der Waals surface area contributed by atoms with Gasteiger partial charge in [-0.25, -0.2) is 8.42 Å². The van der Waals surface area contributed by atoms with Gasteiger partial charge in [-0.15, -0.1) is 0 Å². The summed E-state index contributed by atoms with van der Waals surface area (Å²) in [4.78, 5) is 28.5. The summed E-state index contributed by atoms with van der Waals surface area (Å²) in [5.41, 5.74) is 1.16. The van der Waals surface area contributed by atoms with Gasteiger partial charge in [-0.3, -0.25) is 13.9 Å². The zero-order valence-corrected chi connectivity index (χ0v) is 26.8. The van der Waals surface area contributed by atoms with E-state index in [0.717, 1.165) is 19.9 Å².